The van der Waals surface area contributed by atoms with Crippen LogP contribution in [0.15, 0.2) is 49.1 Å². The molecule has 4 rings (SSSR count). The van der Waals surface area contributed by atoms with Gasteiger partial charge in [0.05, 0.1) is 7.14 Å². The van der Waals surface area contributed by atoms with E-state index in [0.29, 0.717) is 0 Å². The summed E-state index contributed by atoms with van der Waals surface area (Å²) in [4.78, 5) is 7.58. The van der Waals surface area contributed by atoms with E-state index in [2.05, 4.69) is 9.97 Å². The molecule has 4 aromatic rings. The van der Waals surface area contributed by atoms with Crippen molar-refractivity contribution in [3.8, 4) is 11.5 Å². The van der Waals surface area contributed by atoms with E-state index in [4.69, 9.17) is 9.47 Å². The molecule has 0 spiro atoms. The fourth-order valence-corrected chi connectivity index (χ4v) is 4.29. The van der Waals surface area contributed by atoms with Crippen LogP contribution in [0.2, 0.25) is 0 Å². The molecule has 198 valence electrons. The van der Waals surface area contributed by atoms with Crippen LogP contribution in [0.3, 0.4) is 0 Å². The second kappa shape index (κ2) is 11.5. The molecule has 0 amide bonds. The second-order valence-electron chi connectivity index (χ2n) is 7.44. The van der Waals surface area contributed by atoms with Gasteiger partial charge in [0.1, 0.15) is 0 Å². The molecule has 0 N–H and O–H groups in total. The Morgan fingerprint density at radius 3 is 1.00 bits per heavy atom. The number of aromatic nitrogens is 2. The first-order chi connectivity index (χ1) is 18.0. The van der Waals surface area contributed by atoms with Crippen molar-refractivity contribution in [2.75, 3.05) is 0 Å². The monoisotopic (exact) mass is 764 g/mol. The number of hydrogen-bond acceptors (Lipinski definition) is 4. The molecule has 0 bridgehead atoms. The number of halogens is 10. The molecule has 0 aliphatic carbocycles. The van der Waals surface area contributed by atoms with Crippen LogP contribution in [-0.4, -0.2) is 9.97 Å². The molecule has 38 heavy (non-hydrogen) atoms. The molecule has 0 unspecified atom stereocenters. The number of rotatable bonds is 7. The SMILES string of the molecule is Fc1c(F)c(O[C@H](c2ccncc2)[C@H](Oc2c(F)c(F)c(I)c(F)c2F)c2ccncc2)c(F)c(F)c1I. The number of hydrogen-bond donors (Lipinski definition) is 0. The lowest BCUT2D eigenvalue weighted by Gasteiger charge is -2.30. The summed E-state index contributed by atoms with van der Waals surface area (Å²) in [6, 6.07) is 5.00. The molecule has 14 heteroatoms. The first-order valence-corrected chi connectivity index (χ1v) is 12.4. The van der Waals surface area contributed by atoms with Crippen molar-refractivity contribution in [2.45, 2.75) is 12.2 Å². The van der Waals surface area contributed by atoms with Crippen LogP contribution in [0.5, 0.6) is 11.5 Å². The van der Waals surface area contributed by atoms with Crippen molar-refractivity contribution in [1.29, 1.82) is 0 Å². The molecular weight excluding hydrogens is 754 g/mol. The van der Waals surface area contributed by atoms with E-state index in [1.807, 2.05) is 0 Å². The molecule has 2 aromatic heterocycles. The predicted molar refractivity (Wildman–Crippen MR) is 133 cm³/mol. The Balaban J connectivity index is 1.94. The quantitative estimate of drug-likeness (QED) is 0.0837. The van der Waals surface area contributed by atoms with E-state index in [1.165, 1.54) is 49.1 Å². The maximum absolute atomic E-state index is 14.8. The van der Waals surface area contributed by atoms with E-state index in [-0.39, 0.29) is 11.1 Å². The second-order valence-corrected chi connectivity index (χ2v) is 9.59. The summed E-state index contributed by atoms with van der Waals surface area (Å²) in [5.74, 6) is -17.6. The zero-order valence-corrected chi connectivity index (χ0v) is 22.6. The Bertz CT molecular complexity index is 1330. The van der Waals surface area contributed by atoms with Gasteiger partial charge in [-0.3, -0.25) is 9.97 Å². The molecule has 2 atom stereocenters. The summed E-state index contributed by atoms with van der Waals surface area (Å²) in [6.07, 6.45) is 1.22. The van der Waals surface area contributed by atoms with Crippen LogP contribution in [0.25, 0.3) is 0 Å². The standard InChI is InChI=1S/C24H10F8I2N2O2/c25-11-15(29)23(16(30)12(26)19(11)33)37-21(9-1-5-35-6-2-9)22(10-3-7-36-8-4-10)38-24-17(31)13(27)20(34)14(28)18(24)32/h1-8,21-22H/t21-,22-/m1/s1. The average molecular weight is 764 g/mol. The van der Waals surface area contributed by atoms with Gasteiger partial charge in [0.2, 0.25) is 23.3 Å². The van der Waals surface area contributed by atoms with Gasteiger partial charge in [-0.2, -0.15) is 17.6 Å². The summed E-state index contributed by atoms with van der Waals surface area (Å²) in [6.45, 7) is 0. The summed E-state index contributed by atoms with van der Waals surface area (Å²) >= 11 is 2.11. The van der Waals surface area contributed by atoms with Crippen LogP contribution in [0.4, 0.5) is 35.1 Å². The van der Waals surface area contributed by atoms with Crippen molar-refractivity contribution in [2.24, 2.45) is 0 Å². The maximum atomic E-state index is 14.8. The molecular formula is C24H10F8I2N2O2. The third-order valence-corrected chi connectivity index (χ3v) is 7.07. The highest BCUT2D eigenvalue weighted by molar-refractivity contribution is 14.1. The minimum absolute atomic E-state index is 0.00718. The fourth-order valence-electron chi connectivity index (χ4n) is 3.35. The zero-order chi connectivity index (χ0) is 27.7. The lowest BCUT2D eigenvalue weighted by molar-refractivity contribution is 0.0391. The summed E-state index contributed by atoms with van der Waals surface area (Å²) < 4.78 is 125. The molecule has 0 aliphatic rings. The van der Waals surface area contributed by atoms with Gasteiger partial charge in [0, 0.05) is 24.8 Å². The van der Waals surface area contributed by atoms with Crippen LogP contribution in [0.1, 0.15) is 23.3 Å². The van der Waals surface area contributed by atoms with Crippen LogP contribution in [-0.2, 0) is 0 Å². The largest absolute Gasteiger partial charge is 0.475 e. The predicted octanol–water partition coefficient (Wildman–Crippen LogP) is 7.74. The molecule has 2 aromatic carbocycles. The first-order valence-electron chi connectivity index (χ1n) is 10.2. The number of nitrogens with zero attached hydrogens (tertiary/aromatic N) is 2. The van der Waals surface area contributed by atoms with Gasteiger partial charge < -0.3 is 9.47 Å². The molecule has 0 saturated carbocycles. The number of ether oxygens (including phenoxy) is 2. The molecule has 4 nitrogen and oxygen atoms in total. The number of pyridine rings is 2. The Morgan fingerprint density at radius 2 is 0.737 bits per heavy atom. The Morgan fingerprint density at radius 1 is 0.474 bits per heavy atom. The maximum Gasteiger partial charge on any atom is 0.205 e. The van der Waals surface area contributed by atoms with Gasteiger partial charge in [-0.1, -0.05) is 0 Å². The molecule has 0 fully saturated rings. The van der Waals surface area contributed by atoms with Crippen LogP contribution < -0.4 is 9.47 Å². The Hall–Kier alpha value is -2.76. The minimum atomic E-state index is -1.90. The van der Waals surface area contributed by atoms with E-state index in [1.54, 1.807) is 0 Å². The van der Waals surface area contributed by atoms with Crippen molar-refractivity contribution in [1.82, 2.24) is 9.97 Å². The third-order valence-electron chi connectivity index (χ3n) is 5.17. The van der Waals surface area contributed by atoms with Gasteiger partial charge in [-0.25, -0.2) is 17.6 Å². The highest BCUT2D eigenvalue weighted by Crippen LogP contribution is 2.42. The Labute approximate surface area is 236 Å². The van der Waals surface area contributed by atoms with Crippen LogP contribution >= 0.6 is 45.2 Å². The molecule has 2 heterocycles. The van der Waals surface area contributed by atoms with Crippen molar-refractivity contribution < 1.29 is 44.6 Å². The van der Waals surface area contributed by atoms with E-state index in [9.17, 15) is 35.1 Å². The lowest BCUT2D eigenvalue weighted by Crippen LogP contribution is -2.25. The third kappa shape index (κ3) is 5.23. The van der Waals surface area contributed by atoms with Crippen LogP contribution in [0, 0.1) is 53.7 Å². The van der Waals surface area contributed by atoms with E-state index in [0.717, 1.165) is 45.2 Å². The smallest absolute Gasteiger partial charge is 0.205 e. The lowest BCUT2D eigenvalue weighted by atomic mass is 9.99. The summed E-state index contributed by atoms with van der Waals surface area (Å²) in [5.41, 5.74) is -0.0144. The summed E-state index contributed by atoms with van der Waals surface area (Å²) in [7, 11) is 0. The molecule has 0 aliphatic heterocycles. The first kappa shape index (κ1) is 28.3. The van der Waals surface area contributed by atoms with Gasteiger partial charge in [-0.05, 0) is 80.6 Å². The topological polar surface area (TPSA) is 44.2 Å². The molecule has 0 radical (unpaired) electrons. The highest BCUT2D eigenvalue weighted by Gasteiger charge is 2.36. The fraction of sp³-hybridized carbons (Fsp3) is 0.0833. The van der Waals surface area contributed by atoms with Gasteiger partial charge in [-0.15, -0.1) is 0 Å². The average Bonchev–Trinajstić information content (AvgIpc) is 2.94. The molecule has 0 saturated heterocycles. The van der Waals surface area contributed by atoms with Gasteiger partial charge >= 0.3 is 0 Å². The van der Waals surface area contributed by atoms with E-state index < -0.39 is 77.4 Å². The van der Waals surface area contributed by atoms with E-state index >= 15 is 0 Å². The number of benzene rings is 2. The van der Waals surface area contributed by atoms with Crippen molar-refractivity contribution >= 4 is 45.2 Å². The van der Waals surface area contributed by atoms with Crippen molar-refractivity contribution in [3.05, 3.63) is 114 Å². The minimum Gasteiger partial charge on any atom is -0.475 e. The summed E-state index contributed by atoms with van der Waals surface area (Å²) in [5, 5.41) is 0. The normalized spacial score (nSPS) is 12.8. The van der Waals surface area contributed by atoms with Crippen molar-refractivity contribution in [3.63, 3.8) is 0 Å². The Kier molecular flexibility index (Phi) is 8.59. The zero-order valence-electron chi connectivity index (χ0n) is 18.3. The van der Waals surface area contributed by atoms with Gasteiger partial charge in [0.15, 0.2) is 47.0 Å². The highest BCUT2D eigenvalue weighted by atomic mass is 127. The van der Waals surface area contributed by atoms with Gasteiger partial charge in [0.25, 0.3) is 0 Å².